The van der Waals surface area contributed by atoms with Crippen LogP contribution in [0.15, 0.2) is 12.7 Å². The van der Waals surface area contributed by atoms with Crippen LogP contribution in [0.25, 0.3) is 11.2 Å². The van der Waals surface area contributed by atoms with Crippen molar-refractivity contribution < 1.29 is 9.53 Å². The Morgan fingerprint density at radius 1 is 1.37 bits per heavy atom. The molecule has 1 fully saturated rings. The second kappa shape index (κ2) is 4.18. The Morgan fingerprint density at radius 3 is 2.79 bits per heavy atom. The summed E-state index contributed by atoms with van der Waals surface area (Å²) in [5, 5.41) is 0. The quantitative estimate of drug-likeness (QED) is 0.738. The number of carbonyl (C=O) groups is 1. The van der Waals surface area contributed by atoms with E-state index in [-0.39, 0.29) is 17.9 Å². The summed E-state index contributed by atoms with van der Waals surface area (Å²) >= 11 is 0. The summed E-state index contributed by atoms with van der Waals surface area (Å²) in [6.45, 7) is 2.42. The van der Waals surface area contributed by atoms with Crippen molar-refractivity contribution in [3.63, 3.8) is 0 Å². The summed E-state index contributed by atoms with van der Waals surface area (Å²) in [4.78, 5) is 26.5. The Morgan fingerprint density at radius 2 is 2.16 bits per heavy atom. The second-order valence-electron chi connectivity index (χ2n) is 4.97. The summed E-state index contributed by atoms with van der Waals surface area (Å²) in [6, 6.07) is -0.352. The zero-order valence-electron chi connectivity index (χ0n) is 11.1. The third kappa shape index (κ3) is 1.73. The van der Waals surface area contributed by atoms with Gasteiger partial charge in [0, 0.05) is 20.0 Å². The lowest BCUT2D eigenvalue weighted by molar-refractivity contribution is -0.140. The molecule has 2 aromatic heterocycles. The van der Waals surface area contributed by atoms with Crippen LogP contribution in [0.3, 0.4) is 0 Å². The molecule has 0 aromatic carbocycles. The Balaban J connectivity index is 2.16. The maximum absolute atomic E-state index is 11.8. The number of anilines is 1. The van der Waals surface area contributed by atoms with Gasteiger partial charge in [-0.2, -0.15) is 0 Å². The molecule has 0 unspecified atom stereocenters. The van der Waals surface area contributed by atoms with E-state index < -0.39 is 0 Å². The standard InChI is InChI=1S/C12H15N5O2/c1-7-4-19-12(18)9(7)17-6-15-8-10(16(2)3)13-5-14-11(8)17/h5-7,9H,4H2,1-3H3/t7-,9-/m1/s1. The van der Waals surface area contributed by atoms with E-state index in [0.29, 0.717) is 17.8 Å². The van der Waals surface area contributed by atoms with Gasteiger partial charge >= 0.3 is 5.97 Å². The molecule has 0 bridgehead atoms. The van der Waals surface area contributed by atoms with E-state index in [0.717, 1.165) is 5.82 Å². The normalized spacial score (nSPS) is 22.8. The fraction of sp³-hybridized carbons (Fsp3) is 0.500. The fourth-order valence-electron chi connectivity index (χ4n) is 2.38. The van der Waals surface area contributed by atoms with Gasteiger partial charge in [0.25, 0.3) is 0 Å². The van der Waals surface area contributed by atoms with Crippen LogP contribution in [0, 0.1) is 5.92 Å². The zero-order valence-corrected chi connectivity index (χ0v) is 11.1. The number of hydrogen-bond acceptors (Lipinski definition) is 6. The van der Waals surface area contributed by atoms with Crippen LogP contribution in [-0.2, 0) is 9.53 Å². The monoisotopic (exact) mass is 261 g/mol. The molecule has 2 atom stereocenters. The molecule has 100 valence electrons. The average molecular weight is 261 g/mol. The molecule has 0 spiro atoms. The highest BCUT2D eigenvalue weighted by Crippen LogP contribution is 2.30. The minimum Gasteiger partial charge on any atom is -0.464 e. The number of imidazole rings is 1. The maximum Gasteiger partial charge on any atom is 0.329 e. The van der Waals surface area contributed by atoms with Crippen LogP contribution in [-0.4, -0.2) is 46.2 Å². The third-order valence-corrected chi connectivity index (χ3v) is 3.33. The van der Waals surface area contributed by atoms with Crippen molar-refractivity contribution in [3.8, 4) is 0 Å². The van der Waals surface area contributed by atoms with Crippen LogP contribution >= 0.6 is 0 Å². The molecule has 0 saturated carbocycles. The van der Waals surface area contributed by atoms with Gasteiger partial charge in [0.15, 0.2) is 17.0 Å². The molecule has 0 aliphatic carbocycles. The zero-order chi connectivity index (χ0) is 13.6. The third-order valence-electron chi connectivity index (χ3n) is 3.33. The molecule has 0 N–H and O–H groups in total. The first-order chi connectivity index (χ1) is 9.09. The lowest BCUT2D eigenvalue weighted by Crippen LogP contribution is -2.19. The van der Waals surface area contributed by atoms with E-state index in [1.165, 1.54) is 6.33 Å². The number of carbonyl (C=O) groups excluding carboxylic acids is 1. The molecule has 19 heavy (non-hydrogen) atoms. The lowest BCUT2D eigenvalue weighted by Gasteiger charge is -2.14. The number of hydrogen-bond donors (Lipinski definition) is 0. The van der Waals surface area contributed by atoms with Gasteiger partial charge in [-0.15, -0.1) is 0 Å². The molecule has 0 radical (unpaired) electrons. The molecule has 0 amide bonds. The SMILES string of the molecule is C[C@@H]1COC(=O)[C@@H]1n1cnc2c(N(C)C)ncnc21. The summed E-state index contributed by atoms with van der Waals surface area (Å²) < 4.78 is 6.87. The van der Waals surface area contributed by atoms with E-state index in [1.54, 1.807) is 10.9 Å². The lowest BCUT2D eigenvalue weighted by atomic mass is 10.1. The fourth-order valence-corrected chi connectivity index (χ4v) is 2.38. The molecule has 2 aromatic rings. The van der Waals surface area contributed by atoms with E-state index in [4.69, 9.17) is 4.74 Å². The number of rotatable bonds is 2. The Kier molecular flexibility index (Phi) is 2.62. The van der Waals surface area contributed by atoms with Crippen molar-refractivity contribution in [2.24, 2.45) is 5.92 Å². The van der Waals surface area contributed by atoms with E-state index in [1.807, 2.05) is 25.9 Å². The van der Waals surface area contributed by atoms with Crippen LogP contribution < -0.4 is 4.90 Å². The molecular weight excluding hydrogens is 246 g/mol. The number of aromatic nitrogens is 4. The number of cyclic esters (lactones) is 1. The molecule has 7 nitrogen and oxygen atoms in total. The Bertz CT molecular complexity index is 636. The Hall–Kier alpha value is -2.18. The predicted octanol–water partition coefficient (Wildman–Crippen LogP) is 0.626. The van der Waals surface area contributed by atoms with Crippen molar-refractivity contribution in [3.05, 3.63) is 12.7 Å². The molecule has 7 heteroatoms. The number of nitrogens with zero attached hydrogens (tertiary/aromatic N) is 5. The number of esters is 1. The van der Waals surface area contributed by atoms with Crippen LogP contribution in [0.5, 0.6) is 0 Å². The van der Waals surface area contributed by atoms with Gasteiger partial charge in [0.2, 0.25) is 0 Å². The van der Waals surface area contributed by atoms with Gasteiger partial charge in [-0.25, -0.2) is 19.7 Å². The summed E-state index contributed by atoms with van der Waals surface area (Å²) in [6.07, 6.45) is 3.13. The highest BCUT2D eigenvalue weighted by Gasteiger charge is 2.36. The summed E-state index contributed by atoms with van der Waals surface area (Å²) in [7, 11) is 3.79. The molecule has 3 heterocycles. The highest BCUT2D eigenvalue weighted by molar-refractivity contribution is 5.85. The molecule has 1 aliphatic heterocycles. The molecule has 1 saturated heterocycles. The van der Waals surface area contributed by atoms with Crippen molar-refractivity contribution >= 4 is 23.0 Å². The van der Waals surface area contributed by atoms with Crippen LogP contribution in [0.2, 0.25) is 0 Å². The predicted molar refractivity (Wildman–Crippen MR) is 68.8 cm³/mol. The summed E-state index contributed by atoms with van der Waals surface area (Å²) in [5.41, 5.74) is 1.36. The average Bonchev–Trinajstić information content (AvgIpc) is 2.93. The van der Waals surface area contributed by atoms with Crippen LogP contribution in [0.1, 0.15) is 13.0 Å². The van der Waals surface area contributed by atoms with E-state index in [2.05, 4.69) is 15.0 Å². The first kappa shape index (κ1) is 11.9. The minimum atomic E-state index is -0.352. The van der Waals surface area contributed by atoms with Crippen molar-refractivity contribution in [2.45, 2.75) is 13.0 Å². The molecule has 3 rings (SSSR count). The van der Waals surface area contributed by atoms with E-state index >= 15 is 0 Å². The smallest absolute Gasteiger partial charge is 0.329 e. The van der Waals surface area contributed by atoms with Gasteiger partial charge in [0.1, 0.15) is 12.4 Å². The topological polar surface area (TPSA) is 73.1 Å². The number of ether oxygens (including phenoxy) is 1. The Labute approximate surface area is 110 Å². The van der Waals surface area contributed by atoms with Crippen LogP contribution in [0.4, 0.5) is 5.82 Å². The first-order valence-electron chi connectivity index (χ1n) is 6.11. The highest BCUT2D eigenvalue weighted by atomic mass is 16.5. The van der Waals surface area contributed by atoms with Gasteiger partial charge in [-0.3, -0.25) is 0 Å². The maximum atomic E-state index is 11.8. The van der Waals surface area contributed by atoms with E-state index in [9.17, 15) is 4.79 Å². The van der Waals surface area contributed by atoms with Gasteiger partial charge in [-0.1, -0.05) is 6.92 Å². The first-order valence-corrected chi connectivity index (χ1v) is 6.11. The van der Waals surface area contributed by atoms with Gasteiger partial charge < -0.3 is 14.2 Å². The molecular formula is C12H15N5O2. The van der Waals surface area contributed by atoms with Crippen molar-refractivity contribution in [1.82, 2.24) is 19.5 Å². The second-order valence-corrected chi connectivity index (χ2v) is 4.97. The van der Waals surface area contributed by atoms with Crippen molar-refractivity contribution in [1.29, 1.82) is 0 Å². The van der Waals surface area contributed by atoms with Crippen molar-refractivity contribution in [2.75, 3.05) is 25.6 Å². The minimum absolute atomic E-state index is 0.114. The number of fused-ring (bicyclic) bond motifs is 1. The molecule has 1 aliphatic rings. The van der Waals surface area contributed by atoms with Gasteiger partial charge in [0.05, 0.1) is 12.9 Å². The van der Waals surface area contributed by atoms with Gasteiger partial charge in [-0.05, 0) is 0 Å². The summed E-state index contributed by atoms with van der Waals surface area (Å²) in [5.74, 6) is 0.627. The largest absolute Gasteiger partial charge is 0.464 e.